The molecule has 12 heteroatoms. The molecule has 2 unspecified atom stereocenters. The summed E-state index contributed by atoms with van der Waals surface area (Å²) in [5.41, 5.74) is 0. The summed E-state index contributed by atoms with van der Waals surface area (Å²) in [7, 11) is -7.51. The largest absolute Gasteiger partial charge is 0.492 e. The molecule has 0 radical (unpaired) electrons. The Morgan fingerprint density at radius 3 is 1.50 bits per heavy atom. The average molecular weight is 253 g/mol. The molecular formula is C2H9NO9P2. The van der Waals surface area contributed by atoms with Crippen molar-refractivity contribution in [2.45, 2.75) is 0 Å². The third-order valence-electron chi connectivity index (χ3n) is 0.808. The lowest BCUT2D eigenvalue weighted by Gasteiger charge is -2.16. The van der Waals surface area contributed by atoms with Crippen LogP contribution in [0.1, 0.15) is 0 Å². The van der Waals surface area contributed by atoms with Crippen LogP contribution in [0.4, 0.5) is 0 Å². The van der Waals surface area contributed by atoms with E-state index in [0.29, 0.717) is 0 Å². The Morgan fingerprint density at radius 2 is 1.29 bits per heavy atom. The van der Waals surface area contributed by atoms with Crippen LogP contribution >= 0.6 is 15.6 Å². The van der Waals surface area contributed by atoms with Gasteiger partial charge in [0.05, 0.1) is 5.39 Å². The zero-order valence-corrected chi connectivity index (χ0v) is 8.92. The molecule has 0 saturated carbocycles. The Hall–Kier alpha value is 0.140. The zero-order chi connectivity index (χ0) is 11.4. The van der Waals surface area contributed by atoms with Crippen molar-refractivity contribution in [1.29, 1.82) is 0 Å². The highest BCUT2D eigenvalue weighted by Gasteiger charge is 2.30. The third-order valence-corrected chi connectivity index (χ3v) is 2.42. The highest BCUT2D eigenvalue weighted by atomic mass is 31.2. The van der Waals surface area contributed by atoms with Gasteiger partial charge >= 0.3 is 15.6 Å². The average Bonchev–Trinajstić information content (AvgIpc) is 2.02. The van der Waals surface area contributed by atoms with Crippen LogP contribution in [0.2, 0.25) is 0 Å². The molecule has 0 aliphatic rings. The van der Waals surface area contributed by atoms with Crippen LogP contribution in [0.5, 0.6) is 0 Å². The van der Waals surface area contributed by atoms with Crippen LogP contribution in [-0.4, -0.2) is 34.6 Å². The number of phosphoric ester groups is 2. The van der Waals surface area contributed by atoms with Gasteiger partial charge < -0.3 is 9.79 Å². The van der Waals surface area contributed by atoms with Crippen molar-refractivity contribution in [3.63, 3.8) is 0 Å². The summed E-state index contributed by atoms with van der Waals surface area (Å²) in [5, 5.41) is 7.75. The van der Waals surface area contributed by atoms with E-state index in [1.165, 1.54) is 0 Å². The van der Waals surface area contributed by atoms with Gasteiger partial charge in [-0.1, -0.05) is 0 Å². The monoisotopic (exact) mass is 253 g/mol. The molecule has 10 nitrogen and oxygen atoms in total. The van der Waals surface area contributed by atoms with Crippen molar-refractivity contribution in [2.24, 2.45) is 0 Å². The fraction of sp³-hybridized carbons (Fsp3) is 1.00. The van der Waals surface area contributed by atoms with Gasteiger partial charge in [-0.15, -0.1) is 9.25 Å². The molecule has 3 N–H and O–H groups in total. The van der Waals surface area contributed by atoms with Gasteiger partial charge in [-0.2, -0.15) is 0 Å². The number of hydrogen-bond donors (Lipinski definition) is 3. The maximum Gasteiger partial charge on any atom is 0.492 e. The minimum Gasteiger partial charge on any atom is -0.301 e. The quantitative estimate of drug-likeness (QED) is 0.439. The smallest absolute Gasteiger partial charge is 0.301 e. The van der Waals surface area contributed by atoms with Crippen molar-refractivity contribution in [2.75, 3.05) is 14.2 Å². The summed E-state index contributed by atoms with van der Waals surface area (Å²) < 4.78 is 36.2. The molecule has 0 aromatic rings. The third kappa shape index (κ3) is 5.78. The van der Waals surface area contributed by atoms with Gasteiger partial charge in [0.25, 0.3) is 0 Å². The molecule has 2 atom stereocenters. The second-order valence-corrected chi connectivity index (χ2v) is 4.63. The van der Waals surface area contributed by atoms with Crippen LogP contribution < -0.4 is 0 Å². The topological polar surface area (TPSA) is 135 Å². The highest BCUT2D eigenvalue weighted by molar-refractivity contribution is 7.48. The number of nitrogens with zero attached hydrogens (tertiary/aromatic N) is 1. The summed E-state index contributed by atoms with van der Waals surface area (Å²) in [5.74, 6) is 0. The molecule has 0 spiro atoms. The van der Waals surface area contributed by atoms with Gasteiger partial charge in [0.1, 0.15) is 0 Å². The summed E-state index contributed by atoms with van der Waals surface area (Å²) in [4.78, 5) is 17.2. The van der Waals surface area contributed by atoms with E-state index < -0.39 is 21.0 Å². The molecule has 0 heterocycles. The second kappa shape index (κ2) is 5.29. The van der Waals surface area contributed by atoms with Gasteiger partial charge in [-0.25, -0.2) is 9.13 Å². The molecule has 0 saturated heterocycles. The van der Waals surface area contributed by atoms with E-state index in [0.717, 1.165) is 14.2 Å². The van der Waals surface area contributed by atoms with Gasteiger partial charge in [-0.3, -0.25) is 14.3 Å². The Labute approximate surface area is 78.7 Å². The van der Waals surface area contributed by atoms with Gasteiger partial charge in [-0.05, 0) is 0 Å². The van der Waals surface area contributed by atoms with Crippen LogP contribution in [0.3, 0.4) is 0 Å². The maximum absolute atomic E-state index is 10.6. The second-order valence-electron chi connectivity index (χ2n) is 1.70. The molecule has 0 fully saturated rings. The van der Waals surface area contributed by atoms with Crippen LogP contribution in [0.25, 0.3) is 0 Å². The van der Waals surface area contributed by atoms with Crippen LogP contribution in [0, 0.1) is 0 Å². The summed E-state index contributed by atoms with van der Waals surface area (Å²) >= 11 is 0. The van der Waals surface area contributed by atoms with Crippen LogP contribution in [-0.2, 0) is 27.4 Å². The van der Waals surface area contributed by atoms with Crippen molar-refractivity contribution >= 4 is 15.6 Å². The minimum absolute atomic E-state index is 0.797. The normalized spacial score (nSPS) is 20.4. The first-order valence-corrected chi connectivity index (χ1v) is 5.87. The summed E-state index contributed by atoms with van der Waals surface area (Å²) in [6.45, 7) is 0. The lowest BCUT2D eigenvalue weighted by molar-refractivity contribution is -0.441. The van der Waals surface area contributed by atoms with E-state index >= 15 is 0 Å². The first-order chi connectivity index (χ1) is 6.22. The minimum atomic E-state index is -4.56. The molecule has 0 bridgehead atoms. The Morgan fingerprint density at radius 1 is 1.00 bits per heavy atom. The predicted octanol–water partition coefficient (Wildman–Crippen LogP) is 0.0344. The first-order valence-electron chi connectivity index (χ1n) is 2.88. The van der Waals surface area contributed by atoms with Crippen molar-refractivity contribution in [1.82, 2.24) is 5.39 Å². The molecule has 86 valence electrons. The molecule has 0 aliphatic heterocycles. The predicted molar refractivity (Wildman–Crippen MR) is 39.5 cm³/mol. The summed E-state index contributed by atoms with van der Waals surface area (Å²) in [6.07, 6.45) is 0. The van der Waals surface area contributed by atoms with E-state index in [4.69, 9.17) is 15.0 Å². The molecule has 0 aromatic heterocycles. The maximum atomic E-state index is 10.6. The Balaban J connectivity index is 4.18. The standard InChI is InChI=1S/C2H9NO9P2/c1-9-13(5,6)11-3(4)12-14(7,8)10-2/h4H,1-2H3,(H,5,6)(H,7,8). The Kier molecular flexibility index (Phi) is 5.34. The fourth-order valence-electron chi connectivity index (χ4n) is 0.258. The van der Waals surface area contributed by atoms with E-state index in [1.807, 2.05) is 0 Å². The van der Waals surface area contributed by atoms with Crippen LogP contribution in [0.15, 0.2) is 0 Å². The lowest BCUT2D eigenvalue weighted by atomic mass is 11.8. The molecule has 14 heavy (non-hydrogen) atoms. The summed E-state index contributed by atoms with van der Waals surface area (Å²) in [6, 6.07) is 0. The molecule has 0 rings (SSSR count). The molecule has 0 aliphatic carbocycles. The molecular weight excluding hydrogens is 244 g/mol. The Bertz CT molecular complexity index is 240. The SMILES string of the molecule is COP(=O)(O)ON(O)OP(=O)(O)OC. The van der Waals surface area contributed by atoms with E-state index in [2.05, 4.69) is 18.3 Å². The highest BCUT2D eigenvalue weighted by Crippen LogP contribution is 2.47. The molecule has 0 aromatic carbocycles. The van der Waals surface area contributed by atoms with Crippen molar-refractivity contribution < 1.29 is 42.4 Å². The number of hydrogen-bond acceptors (Lipinski definition) is 8. The first kappa shape index (κ1) is 14.1. The number of rotatable bonds is 6. The van der Waals surface area contributed by atoms with Gasteiger partial charge in [0.2, 0.25) is 0 Å². The van der Waals surface area contributed by atoms with Gasteiger partial charge in [0.15, 0.2) is 0 Å². The van der Waals surface area contributed by atoms with E-state index in [1.54, 1.807) is 0 Å². The molecule has 0 amide bonds. The van der Waals surface area contributed by atoms with E-state index in [9.17, 15) is 9.13 Å². The van der Waals surface area contributed by atoms with Crippen molar-refractivity contribution in [3.8, 4) is 0 Å². The lowest BCUT2D eigenvalue weighted by Crippen LogP contribution is -2.18. The van der Waals surface area contributed by atoms with Gasteiger partial charge in [0, 0.05) is 14.2 Å². The number of phosphoric acid groups is 2. The van der Waals surface area contributed by atoms with E-state index in [-0.39, 0.29) is 0 Å². The van der Waals surface area contributed by atoms with Crippen molar-refractivity contribution in [3.05, 3.63) is 0 Å². The zero-order valence-electron chi connectivity index (χ0n) is 7.13. The fourth-order valence-corrected chi connectivity index (χ4v) is 0.864.